The molecular weight excluding hydrogens is 518 g/mol. The van der Waals surface area contributed by atoms with Crippen molar-refractivity contribution in [1.29, 1.82) is 0 Å². The average Bonchev–Trinajstić information content (AvgIpc) is 3.41. The number of rotatable bonds is 4. The van der Waals surface area contributed by atoms with Gasteiger partial charge in [0.2, 0.25) is 0 Å². The molecule has 9 nitrogen and oxygen atoms in total. The van der Waals surface area contributed by atoms with Crippen LogP contribution < -0.4 is 26.2 Å². The van der Waals surface area contributed by atoms with Crippen molar-refractivity contribution in [2.75, 3.05) is 25.1 Å². The molecule has 3 atom stereocenters. The minimum absolute atomic E-state index is 0.0337. The normalized spacial score (nSPS) is 24.1. The molecule has 1 aromatic carbocycles. The van der Waals surface area contributed by atoms with Crippen LogP contribution in [0.1, 0.15) is 52.5 Å². The molecule has 5 rings (SSSR count). The van der Waals surface area contributed by atoms with Gasteiger partial charge in [0.15, 0.2) is 0 Å². The second-order valence-electron chi connectivity index (χ2n) is 10.8. The van der Waals surface area contributed by atoms with E-state index in [0.717, 1.165) is 29.2 Å². The van der Waals surface area contributed by atoms with Crippen molar-refractivity contribution in [2.24, 2.45) is 11.8 Å². The summed E-state index contributed by atoms with van der Waals surface area (Å²) in [7, 11) is 1.44. The number of hydrogen-bond acceptors (Lipinski definition) is 6. The summed E-state index contributed by atoms with van der Waals surface area (Å²) in [5.41, 5.74) is -0.976. The van der Waals surface area contributed by atoms with Gasteiger partial charge in [-0.3, -0.25) is 0 Å². The van der Waals surface area contributed by atoms with Gasteiger partial charge in [0.25, 0.3) is 0 Å². The number of halogens is 1. The molecule has 3 aliphatic rings. The molecule has 3 fully saturated rings. The van der Waals surface area contributed by atoms with Crippen molar-refractivity contribution < 1.29 is 18.7 Å². The number of alkyl carbamates (subject to hydrolysis) is 1. The Hall–Kier alpha value is -2.48. The topological polar surface area (TPSA) is 94.8 Å². The third-order valence-electron chi connectivity index (χ3n) is 7.22. The van der Waals surface area contributed by atoms with E-state index in [-0.39, 0.29) is 40.7 Å². The van der Waals surface area contributed by atoms with Gasteiger partial charge >= 0.3 is 175 Å². The molecule has 2 aromatic rings. The maximum absolute atomic E-state index is 15.6. The number of anilines is 1. The zero-order chi connectivity index (χ0) is 25.2. The number of ether oxygens (including phenoxy) is 2. The molecule has 35 heavy (non-hydrogen) atoms. The second kappa shape index (κ2) is 8.57. The molecule has 1 N–H and O–H groups in total. The van der Waals surface area contributed by atoms with Gasteiger partial charge < -0.3 is 4.74 Å². The van der Waals surface area contributed by atoms with Gasteiger partial charge in [0, 0.05) is 0 Å². The SMILES string of the molecule is COc1c(N2CC3CCC(NC(=O)OC(C)(C)C)C3C2)c(F)cc2c(=O)n([As])c(=O)n(C3CC3)c12. The fraction of sp³-hybridized carbons (Fsp3) is 0.625. The van der Waals surface area contributed by atoms with Crippen LogP contribution in [0.3, 0.4) is 0 Å². The Kier molecular flexibility index (Phi) is 5.93. The zero-order valence-corrected chi connectivity index (χ0v) is 22.2. The molecule has 2 radical (unpaired) electrons. The van der Waals surface area contributed by atoms with E-state index >= 15 is 4.39 Å². The molecule has 1 aromatic heterocycles. The number of hydrogen-bond donors (Lipinski definition) is 1. The Bertz CT molecular complexity index is 1310. The van der Waals surface area contributed by atoms with Crippen LogP contribution in [0.2, 0.25) is 0 Å². The van der Waals surface area contributed by atoms with Gasteiger partial charge in [0.1, 0.15) is 5.60 Å². The molecule has 0 bridgehead atoms. The summed E-state index contributed by atoms with van der Waals surface area (Å²) in [5, 5.41) is 3.13. The van der Waals surface area contributed by atoms with Crippen LogP contribution in [0, 0.1) is 17.7 Å². The monoisotopic (exact) mass is 548 g/mol. The summed E-state index contributed by atoms with van der Waals surface area (Å²) < 4.78 is 29.3. The van der Waals surface area contributed by atoms with E-state index in [9.17, 15) is 14.4 Å². The van der Waals surface area contributed by atoms with E-state index in [4.69, 9.17) is 9.47 Å². The van der Waals surface area contributed by atoms with Crippen LogP contribution in [0.25, 0.3) is 10.9 Å². The summed E-state index contributed by atoms with van der Waals surface area (Å²) in [6.07, 6.45) is 2.95. The van der Waals surface area contributed by atoms with Crippen molar-refractivity contribution in [2.45, 2.75) is 64.1 Å². The molecule has 2 saturated carbocycles. The quantitative estimate of drug-likeness (QED) is 0.590. The number of nitrogens with zero attached hydrogens (tertiary/aromatic N) is 3. The number of benzene rings is 1. The van der Waals surface area contributed by atoms with Gasteiger partial charge in [-0.2, -0.15) is 0 Å². The Balaban J connectivity index is 1.52. The predicted molar refractivity (Wildman–Crippen MR) is 130 cm³/mol. The average molecular weight is 548 g/mol. The van der Waals surface area contributed by atoms with E-state index < -0.39 is 28.8 Å². The maximum atomic E-state index is 15.6. The molecule has 188 valence electrons. The van der Waals surface area contributed by atoms with E-state index in [1.165, 1.54) is 13.2 Å². The van der Waals surface area contributed by atoms with Crippen molar-refractivity contribution >= 4 is 39.8 Å². The second-order valence-corrected chi connectivity index (χ2v) is 11.6. The van der Waals surface area contributed by atoms with Crippen molar-refractivity contribution in [3.05, 3.63) is 32.7 Å². The molecule has 1 saturated heterocycles. The summed E-state index contributed by atoms with van der Waals surface area (Å²) in [6, 6.07) is 1.13. The Morgan fingerprint density at radius 3 is 2.51 bits per heavy atom. The van der Waals surface area contributed by atoms with Gasteiger partial charge in [-0.1, -0.05) is 0 Å². The molecule has 3 unspecified atom stereocenters. The van der Waals surface area contributed by atoms with Crippen LogP contribution in [-0.2, 0) is 4.74 Å². The van der Waals surface area contributed by atoms with Crippen LogP contribution in [0.4, 0.5) is 14.9 Å². The van der Waals surface area contributed by atoms with Gasteiger partial charge in [-0.05, 0) is 20.8 Å². The number of carbonyl (C=O) groups excluding carboxylic acids is 1. The minimum atomic E-state index is -0.585. The van der Waals surface area contributed by atoms with Crippen molar-refractivity contribution in [1.82, 2.24) is 13.4 Å². The number of fused-ring (bicyclic) bond motifs is 2. The molecule has 0 spiro atoms. The summed E-state index contributed by atoms with van der Waals surface area (Å²) in [4.78, 5) is 40.1. The first kappa shape index (κ1) is 24.2. The number of aromatic nitrogens is 2. The summed E-state index contributed by atoms with van der Waals surface area (Å²) in [6.45, 7) is 6.60. The molecule has 2 aliphatic carbocycles. The standard InChI is InChI=1S/C24H30AsFN4O5/c1-24(2,3)35-22(32)27-17-8-5-12-10-28(11-15(12)17)19-16(26)9-14-18(20(19)34-4)29(13-6-7-13)23(33)30(25)21(14)31/h9,12-13,15,17H,5-8,10-11H2,1-4H3,(H,27,32). The van der Waals surface area contributed by atoms with Crippen molar-refractivity contribution in [3.63, 3.8) is 0 Å². The molecule has 1 aliphatic heterocycles. The third kappa shape index (κ3) is 4.24. The van der Waals surface area contributed by atoms with Crippen LogP contribution in [0.5, 0.6) is 5.75 Å². The number of nitrogens with one attached hydrogen (secondary N) is 1. The third-order valence-corrected chi connectivity index (χ3v) is 7.96. The Labute approximate surface area is 211 Å². The van der Waals surface area contributed by atoms with E-state index in [0.29, 0.717) is 18.6 Å². The molecule has 2 heterocycles. The fourth-order valence-corrected chi connectivity index (χ4v) is 6.08. The number of carbonyl (C=O) groups is 1. The molecular formula is C24H30AsFN4O5. The summed E-state index contributed by atoms with van der Waals surface area (Å²) >= 11 is 1.96. The Morgan fingerprint density at radius 2 is 1.89 bits per heavy atom. The number of methoxy groups -OCH3 is 1. The van der Waals surface area contributed by atoms with Crippen LogP contribution >= 0.6 is 0 Å². The van der Waals surface area contributed by atoms with Crippen LogP contribution in [0.15, 0.2) is 15.7 Å². The molecule has 1 amide bonds. The first-order valence-corrected chi connectivity index (χ1v) is 12.9. The van der Waals surface area contributed by atoms with E-state index in [1.807, 2.05) is 42.7 Å². The van der Waals surface area contributed by atoms with Gasteiger partial charge in [0.05, 0.1) is 0 Å². The predicted octanol–water partition coefficient (Wildman–Crippen LogP) is 2.32. The molecule has 11 heteroatoms. The Morgan fingerprint density at radius 1 is 1.17 bits per heavy atom. The fourth-order valence-electron chi connectivity index (χ4n) is 5.65. The zero-order valence-electron chi connectivity index (χ0n) is 20.3. The first-order chi connectivity index (χ1) is 16.5. The van der Waals surface area contributed by atoms with Crippen LogP contribution in [-0.4, -0.2) is 63.1 Å². The van der Waals surface area contributed by atoms with Gasteiger partial charge in [-0.25, -0.2) is 4.79 Å². The number of amides is 1. The van der Waals surface area contributed by atoms with Gasteiger partial charge in [-0.15, -0.1) is 0 Å². The summed E-state index contributed by atoms with van der Waals surface area (Å²) in [5.74, 6) is 0.0672. The first-order valence-electron chi connectivity index (χ1n) is 12.0. The van der Waals surface area contributed by atoms with Crippen molar-refractivity contribution in [3.8, 4) is 5.75 Å². The van der Waals surface area contributed by atoms with E-state index in [2.05, 4.69) is 5.32 Å². The van der Waals surface area contributed by atoms with E-state index in [1.54, 1.807) is 4.57 Å².